The predicted molar refractivity (Wildman–Crippen MR) is 182 cm³/mol. The molecule has 1 heterocycles. The Kier molecular flexibility index (Phi) is 12.4. The smallest absolute Gasteiger partial charge is 0.237 e. The monoisotopic (exact) mass is 588 g/mol. The van der Waals surface area contributed by atoms with Gasteiger partial charge in [0.1, 0.15) is 17.7 Å². The molecular formula is C39H48N4O. The molecule has 0 bridgehead atoms. The normalized spacial score (nSPS) is 18.2. The molecule has 1 aromatic rings. The third kappa shape index (κ3) is 9.36. The Balaban J connectivity index is 1.80. The van der Waals surface area contributed by atoms with Gasteiger partial charge in [0, 0.05) is 24.4 Å². The molecule has 3 rings (SSSR count). The lowest BCUT2D eigenvalue weighted by Crippen LogP contribution is -2.25. The highest BCUT2D eigenvalue weighted by Gasteiger charge is 2.38. The van der Waals surface area contributed by atoms with Gasteiger partial charge in [-0.2, -0.15) is 10.5 Å². The summed E-state index contributed by atoms with van der Waals surface area (Å²) < 4.78 is 5.89. The van der Waals surface area contributed by atoms with Gasteiger partial charge < -0.3 is 9.64 Å². The largest absolute Gasteiger partial charge is 0.493 e. The summed E-state index contributed by atoms with van der Waals surface area (Å²) in [5.41, 5.74) is 5.05. The topological polar surface area (TPSA) is 64.4 Å². The maximum absolute atomic E-state index is 9.32. The van der Waals surface area contributed by atoms with Gasteiger partial charge in [-0.15, -0.1) is 0 Å². The molecule has 44 heavy (non-hydrogen) atoms. The highest BCUT2D eigenvalue weighted by molar-refractivity contribution is 5.59. The first kappa shape index (κ1) is 34.2. The van der Waals surface area contributed by atoms with E-state index in [4.69, 9.17) is 11.3 Å². The number of nitriles is 2. The molecule has 0 unspecified atom stereocenters. The Bertz CT molecular complexity index is 1450. The van der Waals surface area contributed by atoms with Crippen LogP contribution in [0.2, 0.25) is 0 Å². The minimum absolute atomic E-state index is 0.0714. The summed E-state index contributed by atoms with van der Waals surface area (Å²) >= 11 is 0. The van der Waals surface area contributed by atoms with Crippen LogP contribution in [0.25, 0.3) is 10.9 Å². The van der Waals surface area contributed by atoms with Gasteiger partial charge in [-0.3, -0.25) is 0 Å². The van der Waals surface area contributed by atoms with Crippen LogP contribution >= 0.6 is 0 Å². The van der Waals surface area contributed by atoms with E-state index in [1.807, 2.05) is 38.1 Å². The Morgan fingerprint density at radius 1 is 0.932 bits per heavy atom. The number of nitrogens with zero attached hydrogens (tertiary/aromatic N) is 4. The molecule has 0 saturated carbocycles. The maximum Gasteiger partial charge on any atom is 0.237 e. The number of rotatable bonds is 13. The number of anilines is 1. The number of unbranched alkanes of at least 4 members (excludes halogenated alkanes) is 4. The summed E-state index contributed by atoms with van der Waals surface area (Å²) in [5, 5.41) is 18.6. The molecule has 0 spiro atoms. The first-order chi connectivity index (χ1) is 21.1. The molecule has 1 aliphatic heterocycles. The lowest BCUT2D eigenvalue weighted by Gasteiger charge is -2.30. The van der Waals surface area contributed by atoms with Crippen molar-refractivity contribution in [1.82, 2.24) is 0 Å². The van der Waals surface area contributed by atoms with Crippen LogP contribution in [-0.2, 0) is 4.74 Å². The van der Waals surface area contributed by atoms with Crippen molar-refractivity contribution in [3.8, 4) is 12.1 Å². The first-order valence-corrected chi connectivity index (χ1v) is 16.0. The van der Waals surface area contributed by atoms with E-state index < -0.39 is 5.60 Å². The SMILES string of the molecule is [C-]#[N+]C1=C(/C=C/C=C2C=C(/C=C/c3ccc(N(CCCCC)CCCCC)cc3)CC(C)(C)C/2)C(C)(C)OC1=C(C#N)C#N. The maximum atomic E-state index is 9.32. The van der Waals surface area contributed by atoms with Crippen LogP contribution in [-0.4, -0.2) is 18.7 Å². The molecule has 2 aliphatic rings. The second-order valence-electron chi connectivity index (χ2n) is 13.1. The average molecular weight is 589 g/mol. The Morgan fingerprint density at radius 2 is 1.57 bits per heavy atom. The highest BCUT2D eigenvalue weighted by Crippen LogP contribution is 2.42. The Hall–Kier alpha value is -4.27. The fourth-order valence-electron chi connectivity index (χ4n) is 5.92. The zero-order chi connectivity index (χ0) is 32.2. The third-order valence-electron chi connectivity index (χ3n) is 8.16. The first-order valence-electron chi connectivity index (χ1n) is 16.0. The molecular weight excluding hydrogens is 540 g/mol. The zero-order valence-electron chi connectivity index (χ0n) is 27.5. The van der Waals surface area contributed by atoms with Gasteiger partial charge in [0.05, 0.1) is 6.57 Å². The van der Waals surface area contributed by atoms with Crippen LogP contribution in [0, 0.1) is 34.6 Å². The molecule has 5 heteroatoms. The van der Waals surface area contributed by atoms with Crippen LogP contribution in [0.15, 0.2) is 88.4 Å². The lowest BCUT2D eigenvalue weighted by molar-refractivity contribution is 0.0953. The van der Waals surface area contributed by atoms with Crippen molar-refractivity contribution in [2.45, 2.75) is 98.5 Å². The fourth-order valence-corrected chi connectivity index (χ4v) is 5.92. The molecule has 0 fully saturated rings. The number of benzene rings is 1. The Morgan fingerprint density at radius 3 is 2.14 bits per heavy atom. The van der Waals surface area contributed by atoms with Crippen molar-refractivity contribution in [2.24, 2.45) is 5.41 Å². The van der Waals surface area contributed by atoms with Crippen molar-refractivity contribution in [2.75, 3.05) is 18.0 Å². The second-order valence-corrected chi connectivity index (χ2v) is 13.1. The lowest BCUT2D eigenvalue weighted by atomic mass is 9.75. The quantitative estimate of drug-likeness (QED) is 0.131. The highest BCUT2D eigenvalue weighted by atomic mass is 16.5. The number of ether oxygens (including phenoxy) is 1. The second kappa shape index (κ2) is 16.0. The van der Waals surface area contributed by atoms with Crippen LogP contribution in [0.5, 0.6) is 0 Å². The molecule has 0 atom stereocenters. The van der Waals surface area contributed by atoms with Crippen molar-refractivity contribution < 1.29 is 4.74 Å². The fraction of sp³-hybridized carbons (Fsp3) is 0.462. The summed E-state index contributed by atoms with van der Waals surface area (Å²) in [5.74, 6) is 0.0714. The molecule has 1 aromatic carbocycles. The third-order valence-corrected chi connectivity index (χ3v) is 8.16. The minimum Gasteiger partial charge on any atom is -0.493 e. The molecule has 0 aromatic heterocycles. The van der Waals surface area contributed by atoms with E-state index in [0.717, 1.165) is 25.9 Å². The number of allylic oxidation sites excluding steroid dienone is 7. The molecule has 0 N–H and O–H groups in total. The molecule has 0 radical (unpaired) electrons. The number of hydrogen-bond acceptors (Lipinski definition) is 4. The number of hydrogen-bond donors (Lipinski definition) is 0. The van der Waals surface area contributed by atoms with Crippen molar-refractivity contribution in [3.63, 3.8) is 0 Å². The van der Waals surface area contributed by atoms with Gasteiger partial charge in [0.2, 0.25) is 5.70 Å². The summed E-state index contributed by atoms with van der Waals surface area (Å²) in [6, 6.07) is 12.7. The summed E-state index contributed by atoms with van der Waals surface area (Å²) in [6.07, 6.45) is 22.1. The minimum atomic E-state index is -0.809. The Labute approximate surface area is 266 Å². The van der Waals surface area contributed by atoms with Crippen LogP contribution in [0.4, 0.5) is 5.69 Å². The van der Waals surface area contributed by atoms with E-state index in [2.05, 4.69) is 86.0 Å². The average Bonchev–Trinajstić information content (AvgIpc) is 3.24. The van der Waals surface area contributed by atoms with Gasteiger partial charge >= 0.3 is 0 Å². The van der Waals surface area contributed by atoms with Gasteiger partial charge in [-0.25, -0.2) is 4.85 Å². The van der Waals surface area contributed by atoms with E-state index in [1.54, 1.807) is 0 Å². The van der Waals surface area contributed by atoms with Gasteiger partial charge in [-0.1, -0.05) is 102 Å². The summed E-state index contributed by atoms with van der Waals surface area (Å²) in [6.45, 7) is 22.7. The van der Waals surface area contributed by atoms with E-state index >= 15 is 0 Å². The molecule has 1 aliphatic carbocycles. The van der Waals surface area contributed by atoms with E-state index in [0.29, 0.717) is 5.57 Å². The van der Waals surface area contributed by atoms with Crippen molar-refractivity contribution in [3.05, 3.63) is 105 Å². The molecule has 0 saturated heterocycles. The van der Waals surface area contributed by atoms with Gasteiger partial charge in [0.25, 0.3) is 0 Å². The van der Waals surface area contributed by atoms with Gasteiger partial charge in [-0.05, 0) is 73.8 Å². The molecule has 230 valence electrons. The van der Waals surface area contributed by atoms with Crippen LogP contribution in [0.3, 0.4) is 0 Å². The van der Waals surface area contributed by atoms with Gasteiger partial charge in [0.15, 0.2) is 11.3 Å². The summed E-state index contributed by atoms with van der Waals surface area (Å²) in [7, 11) is 0. The van der Waals surface area contributed by atoms with Crippen LogP contribution in [0.1, 0.15) is 98.5 Å². The molecule has 0 amide bonds. The van der Waals surface area contributed by atoms with Crippen LogP contribution < -0.4 is 4.90 Å². The zero-order valence-corrected chi connectivity index (χ0v) is 27.5. The van der Waals surface area contributed by atoms with E-state index in [-0.39, 0.29) is 22.4 Å². The standard InChI is InChI=1S/C39H48N4O/c1-8-10-12-23-43(24-13-11-9-2)34-21-19-30(20-22-34)17-18-32-25-31(26-38(3,4)27-32)15-14-16-35-36(42-7)37(33(28-40)29-41)44-39(35,5)6/h14-22,25H,8-13,23-24,26-27H2,1-6H3/b16-14+,18-17+,31-15-. The van der Waals surface area contributed by atoms with Crippen molar-refractivity contribution >= 4 is 11.8 Å². The van der Waals surface area contributed by atoms with E-state index in [9.17, 15) is 10.5 Å². The summed E-state index contributed by atoms with van der Waals surface area (Å²) in [4.78, 5) is 6.16. The predicted octanol–water partition coefficient (Wildman–Crippen LogP) is 10.4. The van der Waals surface area contributed by atoms with E-state index in [1.165, 1.54) is 60.9 Å². The molecule has 5 nitrogen and oxygen atoms in total. The van der Waals surface area contributed by atoms with Crippen molar-refractivity contribution in [1.29, 1.82) is 10.5 Å².